The molecule has 4 rings (SSSR count). The zero-order chi connectivity index (χ0) is 23.8. The number of ether oxygens (including phenoxy) is 2. The van der Waals surface area contributed by atoms with Crippen LogP contribution >= 0.6 is 0 Å². The van der Waals surface area contributed by atoms with E-state index in [4.69, 9.17) is 19.6 Å². The second kappa shape index (κ2) is 10.9. The van der Waals surface area contributed by atoms with E-state index in [-0.39, 0.29) is 31.5 Å². The van der Waals surface area contributed by atoms with Gasteiger partial charge in [0.1, 0.15) is 18.2 Å². The Morgan fingerprint density at radius 1 is 1.06 bits per heavy atom. The fraction of sp³-hybridized carbons (Fsp3) is 0.259. The van der Waals surface area contributed by atoms with Crippen molar-refractivity contribution in [3.63, 3.8) is 0 Å². The van der Waals surface area contributed by atoms with E-state index in [2.05, 4.69) is 5.32 Å². The number of hydrogen-bond acceptors (Lipinski definition) is 5. The highest BCUT2D eigenvalue weighted by Crippen LogP contribution is 2.28. The van der Waals surface area contributed by atoms with Crippen LogP contribution in [0, 0.1) is 5.82 Å². The molecule has 0 unspecified atom stereocenters. The van der Waals surface area contributed by atoms with Crippen LogP contribution in [0.3, 0.4) is 0 Å². The van der Waals surface area contributed by atoms with Crippen molar-refractivity contribution >= 4 is 11.8 Å². The molecule has 7 heteroatoms. The van der Waals surface area contributed by atoms with Gasteiger partial charge in [0.25, 0.3) is 5.91 Å². The molecule has 0 fully saturated rings. The summed E-state index contributed by atoms with van der Waals surface area (Å²) < 4.78 is 25.5. The fourth-order valence-electron chi connectivity index (χ4n) is 3.75. The van der Waals surface area contributed by atoms with E-state index in [0.29, 0.717) is 36.7 Å². The van der Waals surface area contributed by atoms with Crippen LogP contribution in [0.25, 0.3) is 0 Å². The first-order valence-corrected chi connectivity index (χ1v) is 11.2. The van der Waals surface area contributed by atoms with Gasteiger partial charge < -0.3 is 19.9 Å². The molecule has 1 atom stereocenters. The predicted octanol–water partition coefficient (Wildman–Crippen LogP) is 3.66. The largest absolute Gasteiger partial charge is 0.494 e. The number of halogens is 1. The molecule has 0 aliphatic carbocycles. The van der Waals surface area contributed by atoms with Gasteiger partial charge in [-0.3, -0.25) is 4.79 Å². The third kappa shape index (κ3) is 5.61. The number of aliphatic imine (C=N–C) groups is 1. The first-order chi connectivity index (χ1) is 16.6. The van der Waals surface area contributed by atoms with Gasteiger partial charge in [0.2, 0.25) is 5.90 Å². The van der Waals surface area contributed by atoms with Gasteiger partial charge in [-0.05, 0) is 35.9 Å². The summed E-state index contributed by atoms with van der Waals surface area (Å²) in [4.78, 5) is 18.1. The lowest BCUT2D eigenvalue weighted by Gasteiger charge is -2.23. The van der Waals surface area contributed by atoms with Gasteiger partial charge in [-0.25, -0.2) is 9.38 Å². The quantitative estimate of drug-likeness (QED) is 0.451. The van der Waals surface area contributed by atoms with Crippen molar-refractivity contribution < 1.29 is 23.8 Å². The zero-order valence-corrected chi connectivity index (χ0v) is 18.7. The van der Waals surface area contributed by atoms with E-state index in [1.165, 1.54) is 6.07 Å². The molecule has 1 heterocycles. The molecule has 0 saturated heterocycles. The number of benzene rings is 3. The summed E-state index contributed by atoms with van der Waals surface area (Å²) in [6, 6.07) is 23.2. The summed E-state index contributed by atoms with van der Waals surface area (Å²) in [5.74, 6) is 0.361. The van der Waals surface area contributed by atoms with Crippen molar-refractivity contribution in [3.05, 3.63) is 101 Å². The van der Waals surface area contributed by atoms with Crippen LogP contribution in [0.5, 0.6) is 5.75 Å². The third-order valence-electron chi connectivity index (χ3n) is 5.59. The van der Waals surface area contributed by atoms with Crippen molar-refractivity contribution in [2.24, 2.45) is 4.99 Å². The maximum absolute atomic E-state index is 14.0. The number of hydrogen-bond donors (Lipinski definition) is 2. The third-order valence-corrected chi connectivity index (χ3v) is 5.59. The normalized spacial score (nSPS) is 17.1. The Morgan fingerprint density at radius 3 is 2.53 bits per heavy atom. The number of nitrogens with zero attached hydrogens (tertiary/aromatic N) is 1. The van der Waals surface area contributed by atoms with Crippen LogP contribution < -0.4 is 10.1 Å². The summed E-state index contributed by atoms with van der Waals surface area (Å²) in [7, 11) is 0. The summed E-state index contributed by atoms with van der Waals surface area (Å²) >= 11 is 0. The van der Waals surface area contributed by atoms with E-state index in [0.717, 1.165) is 11.1 Å². The number of aliphatic hydroxyl groups excluding tert-OH is 1. The number of nitrogens with one attached hydrogen (secondary N) is 1. The number of rotatable bonds is 10. The summed E-state index contributed by atoms with van der Waals surface area (Å²) in [6.45, 7) is 0.642. The number of carbonyl (C=O) groups excluding carboxylic acids is 1. The summed E-state index contributed by atoms with van der Waals surface area (Å²) in [5.41, 5.74) is 0.917. The molecular weight excluding hydrogens is 435 g/mol. The SMILES string of the molecule is O=C(NCc1ccccc1F)[C@@]1(Cc2ccccc2)COC(c2ccc(OCCCO)cc2)=N1. The molecule has 0 aromatic heterocycles. The molecule has 1 aliphatic heterocycles. The van der Waals surface area contributed by atoms with Crippen LogP contribution in [-0.4, -0.2) is 42.3 Å². The minimum Gasteiger partial charge on any atom is -0.494 e. The average Bonchev–Trinajstić information content (AvgIpc) is 3.30. The van der Waals surface area contributed by atoms with Crippen molar-refractivity contribution in [3.8, 4) is 5.75 Å². The summed E-state index contributed by atoms with van der Waals surface area (Å²) in [5, 5.41) is 11.7. The van der Waals surface area contributed by atoms with Gasteiger partial charge in [0.15, 0.2) is 5.54 Å². The van der Waals surface area contributed by atoms with E-state index in [1.807, 2.05) is 42.5 Å². The van der Waals surface area contributed by atoms with Gasteiger partial charge in [-0.2, -0.15) is 0 Å². The van der Waals surface area contributed by atoms with Gasteiger partial charge in [0, 0.05) is 37.1 Å². The molecular formula is C27H27FN2O4. The average molecular weight is 463 g/mol. The second-order valence-corrected chi connectivity index (χ2v) is 8.12. The lowest BCUT2D eigenvalue weighted by molar-refractivity contribution is -0.126. The Morgan fingerprint density at radius 2 is 1.79 bits per heavy atom. The summed E-state index contributed by atoms with van der Waals surface area (Å²) in [6.07, 6.45) is 0.907. The van der Waals surface area contributed by atoms with E-state index in [9.17, 15) is 9.18 Å². The minimum absolute atomic E-state index is 0.0623. The zero-order valence-electron chi connectivity index (χ0n) is 18.7. The van der Waals surface area contributed by atoms with Crippen molar-refractivity contribution in [2.45, 2.75) is 24.9 Å². The fourth-order valence-corrected chi connectivity index (χ4v) is 3.75. The Hall–Kier alpha value is -3.71. The van der Waals surface area contributed by atoms with Crippen LogP contribution in [0.15, 0.2) is 83.9 Å². The molecule has 0 bridgehead atoms. The van der Waals surface area contributed by atoms with E-state index in [1.54, 1.807) is 30.3 Å². The molecule has 1 aliphatic rings. The molecule has 0 spiro atoms. The topological polar surface area (TPSA) is 80.2 Å². The maximum Gasteiger partial charge on any atom is 0.252 e. The minimum atomic E-state index is -1.17. The van der Waals surface area contributed by atoms with Crippen LogP contribution in [-0.2, 0) is 22.5 Å². The molecule has 2 N–H and O–H groups in total. The Bertz CT molecular complexity index is 1130. The van der Waals surface area contributed by atoms with Crippen LogP contribution in [0.2, 0.25) is 0 Å². The standard InChI is InChI=1S/C27H27FN2O4/c28-24-10-5-4-9-22(24)18-29-26(32)27(17-20-7-2-1-3-8-20)19-34-25(30-27)21-11-13-23(14-12-21)33-16-6-15-31/h1-5,7-14,31H,6,15-19H2,(H,29,32)/t27-/m1/s1. The molecule has 176 valence electrons. The highest BCUT2D eigenvalue weighted by molar-refractivity contribution is 6.00. The number of amides is 1. The number of carbonyl (C=O) groups is 1. The Balaban J connectivity index is 1.55. The molecule has 6 nitrogen and oxygen atoms in total. The molecule has 0 saturated carbocycles. The van der Waals surface area contributed by atoms with Crippen LogP contribution in [0.1, 0.15) is 23.1 Å². The van der Waals surface area contributed by atoms with Crippen molar-refractivity contribution in [1.82, 2.24) is 5.32 Å². The van der Waals surface area contributed by atoms with E-state index < -0.39 is 5.54 Å². The highest BCUT2D eigenvalue weighted by atomic mass is 19.1. The lowest BCUT2D eigenvalue weighted by atomic mass is 9.91. The molecule has 3 aromatic carbocycles. The molecule has 34 heavy (non-hydrogen) atoms. The van der Waals surface area contributed by atoms with Gasteiger partial charge >= 0.3 is 0 Å². The monoisotopic (exact) mass is 462 g/mol. The Kier molecular flexibility index (Phi) is 7.54. The number of aliphatic hydroxyl groups is 1. The van der Waals surface area contributed by atoms with Crippen molar-refractivity contribution in [2.75, 3.05) is 19.8 Å². The second-order valence-electron chi connectivity index (χ2n) is 8.12. The van der Waals surface area contributed by atoms with Gasteiger partial charge in [-0.1, -0.05) is 48.5 Å². The lowest BCUT2D eigenvalue weighted by Crippen LogP contribution is -2.48. The smallest absolute Gasteiger partial charge is 0.252 e. The molecule has 0 radical (unpaired) electrons. The van der Waals surface area contributed by atoms with Gasteiger partial charge in [-0.15, -0.1) is 0 Å². The molecule has 3 aromatic rings. The Labute approximate surface area is 198 Å². The van der Waals surface area contributed by atoms with Gasteiger partial charge in [0.05, 0.1) is 6.61 Å². The highest BCUT2D eigenvalue weighted by Gasteiger charge is 2.44. The maximum atomic E-state index is 14.0. The van der Waals surface area contributed by atoms with E-state index >= 15 is 0 Å². The first-order valence-electron chi connectivity index (χ1n) is 11.2. The van der Waals surface area contributed by atoms with Crippen LogP contribution in [0.4, 0.5) is 4.39 Å². The predicted molar refractivity (Wildman–Crippen MR) is 127 cm³/mol. The van der Waals surface area contributed by atoms with Crippen molar-refractivity contribution in [1.29, 1.82) is 0 Å². The first kappa shape index (κ1) is 23.4. The molecule has 1 amide bonds.